The minimum absolute atomic E-state index is 0.0507. The summed E-state index contributed by atoms with van der Waals surface area (Å²) in [4.78, 5) is 37.3. The summed E-state index contributed by atoms with van der Waals surface area (Å²) >= 11 is 1.54. The van der Waals surface area contributed by atoms with Crippen molar-refractivity contribution in [2.24, 2.45) is 0 Å². The van der Waals surface area contributed by atoms with Gasteiger partial charge in [0.15, 0.2) is 5.78 Å². The molecule has 1 aliphatic carbocycles. The lowest BCUT2D eigenvalue weighted by atomic mass is 10.1. The van der Waals surface area contributed by atoms with Gasteiger partial charge in [-0.3, -0.25) is 14.4 Å². The van der Waals surface area contributed by atoms with Crippen molar-refractivity contribution >= 4 is 46.7 Å². The zero-order valence-electron chi connectivity index (χ0n) is 19.1. The van der Waals surface area contributed by atoms with Gasteiger partial charge < -0.3 is 15.7 Å². The molecule has 0 unspecified atom stereocenters. The van der Waals surface area contributed by atoms with Crippen LogP contribution in [-0.4, -0.2) is 35.4 Å². The van der Waals surface area contributed by atoms with Crippen molar-refractivity contribution in [2.75, 3.05) is 6.61 Å². The Balaban J connectivity index is 1.34. The molecular weight excluding hydrogens is 460 g/mol. The molecule has 0 aliphatic heterocycles. The summed E-state index contributed by atoms with van der Waals surface area (Å²) in [6.45, 7) is -0.196. The van der Waals surface area contributed by atoms with Crippen LogP contribution in [0, 0.1) is 0 Å². The molecule has 1 aromatic heterocycles. The van der Waals surface area contributed by atoms with Gasteiger partial charge >= 0.3 is 0 Å². The van der Waals surface area contributed by atoms with E-state index in [0.29, 0.717) is 23.7 Å². The summed E-state index contributed by atoms with van der Waals surface area (Å²) < 4.78 is 0. The second-order valence-electron chi connectivity index (χ2n) is 8.28. The molecule has 1 saturated carbocycles. The summed E-state index contributed by atoms with van der Waals surface area (Å²) in [7, 11) is 0. The number of hydrogen-bond acceptors (Lipinski definition) is 5. The van der Waals surface area contributed by atoms with Crippen LogP contribution in [0.4, 0.5) is 0 Å². The van der Waals surface area contributed by atoms with Crippen LogP contribution in [0.5, 0.6) is 0 Å². The summed E-state index contributed by atoms with van der Waals surface area (Å²) in [6, 6.07) is 18.6. The second-order valence-corrected chi connectivity index (χ2v) is 9.23. The number of nitrogens with one attached hydrogen (secondary N) is 2. The molecule has 2 aromatic carbocycles. The highest BCUT2D eigenvalue weighted by Gasteiger charge is 2.25. The number of benzene rings is 2. The maximum absolute atomic E-state index is 12.7. The molecule has 3 aromatic rings. The number of ketones is 1. The van der Waals surface area contributed by atoms with E-state index in [-0.39, 0.29) is 17.6 Å². The highest BCUT2D eigenvalue weighted by molar-refractivity contribution is 7.11. The summed E-state index contributed by atoms with van der Waals surface area (Å²) in [5.74, 6) is -0.624. The van der Waals surface area contributed by atoms with Gasteiger partial charge in [-0.15, -0.1) is 11.3 Å². The molecule has 0 saturated heterocycles. The number of hydrogen-bond donors (Lipinski definition) is 3. The molecule has 0 bridgehead atoms. The Bertz CT molecular complexity index is 1240. The van der Waals surface area contributed by atoms with Gasteiger partial charge in [-0.2, -0.15) is 0 Å². The molecule has 0 atom stereocenters. The van der Waals surface area contributed by atoms with E-state index in [1.54, 1.807) is 30.3 Å². The predicted molar refractivity (Wildman–Crippen MR) is 139 cm³/mol. The van der Waals surface area contributed by atoms with E-state index in [0.717, 1.165) is 34.4 Å². The molecule has 1 heterocycles. The number of rotatable bonds is 10. The third-order valence-electron chi connectivity index (χ3n) is 5.50. The predicted octanol–water partition coefficient (Wildman–Crippen LogP) is 4.07. The van der Waals surface area contributed by atoms with Gasteiger partial charge in [-0.05, 0) is 53.1 Å². The van der Waals surface area contributed by atoms with Crippen molar-refractivity contribution in [3.63, 3.8) is 0 Å². The van der Waals surface area contributed by atoms with E-state index < -0.39 is 6.61 Å². The summed E-state index contributed by atoms with van der Waals surface area (Å²) in [6.07, 6.45) is 7.16. The maximum atomic E-state index is 12.7. The van der Waals surface area contributed by atoms with E-state index in [2.05, 4.69) is 10.6 Å². The second kappa shape index (κ2) is 11.6. The normalized spacial score (nSPS) is 13.6. The van der Waals surface area contributed by atoms with Crippen molar-refractivity contribution in [3.05, 3.63) is 99.3 Å². The number of aliphatic hydroxyl groups is 1. The highest BCUT2D eigenvalue weighted by atomic mass is 32.1. The fourth-order valence-corrected chi connectivity index (χ4v) is 4.10. The quantitative estimate of drug-likeness (QED) is 0.297. The zero-order valence-corrected chi connectivity index (χ0v) is 19.9. The Morgan fingerprint density at radius 2 is 1.69 bits per heavy atom. The molecule has 2 amide bonds. The van der Waals surface area contributed by atoms with Crippen LogP contribution in [-0.2, 0) is 16.1 Å². The SMILES string of the molecule is O=C(/C=C/c1ccc(/C=C(/C(=O)NC2CC2)c2cccs2)cc1)NCc1ccc(C(=O)CO)cc1. The van der Waals surface area contributed by atoms with Crippen LogP contribution < -0.4 is 10.6 Å². The highest BCUT2D eigenvalue weighted by Crippen LogP contribution is 2.26. The van der Waals surface area contributed by atoms with Gasteiger partial charge in [0, 0.05) is 29.1 Å². The topological polar surface area (TPSA) is 95.5 Å². The van der Waals surface area contributed by atoms with Crippen molar-refractivity contribution in [3.8, 4) is 0 Å². The molecule has 3 N–H and O–H groups in total. The van der Waals surface area contributed by atoms with Crippen molar-refractivity contribution in [1.29, 1.82) is 0 Å². The monoisotopic (exact) mass is 486 g/mol. The van der Waals surface area contributed by atoms with Crippen LogP contribution in [0.25, 0.3) is 17.7 Å². The smallest absolute Gasteiger partial charge is 0.252 e. The molecule has 0 spiro atoms. The standard InChI is InChI=1S/C28H26N2O4S/c31-18-25(32)22-10-7-21(8-11-22)17-29-27(33)14-9-19-3-5-20(6-4-19)16-24(26-2-1-15-35-26)28(34)30-23-12-13-23/h1-11,14-16,23,31H,12-13,17-18H2,(H,29,33)(H,30,34)/b14-9+,24-16+. The lowest BCUT2D eigenvalue weighted by molar-refractivity contribution is -0.117. The van der Waals surface area contributed by atoms with Gasteiger partial charge in [-0.25, -0.2) is 0 Å². The Kier molecular flexibility index (Phi) is 8.03. The van der Waals surface area contributed by atoms with Crippen LogP contribution in [0.2, 0.25) is 0 Å². The lowest BCUT2D eigenvalue weighted by Crippen LogP contribution is -2.26. The largest absolute Gasteiger partial charge is 0.388 e. The van der Waals surface area contributed by atoms with Crippen LogP contribution in [0.1, 0.15) is 44.8 Å². The molecule has 0 radical (unpaired) electrons. The third kappa shape index (κ3) is 7.09. The fraction of sp³-hybridized carbons (Fsp3) is 0.179. The Morgan fingerprint density at radius 1 is 0.971 bits per heavy atom. The van der Waals surface area contributed by atoms with E-state index in [9.17, 15) is 14.4 Å². The van der Waals surface area contributed by atoms with Crippen molar-refractivity contribution in [1.82, 2.24) is 10.6 Å². The fourth-order valence-electron chi connectivity index (χ4n) is 3.36. The number of thiophene rings is 1. The average Bonchev–Trinajstić information content (AvgIpc) is 3.53. The molecular formula is C28H26N2O4S. The van der Waals surface area contributed by atoms with Gasteiger partial charge in [-0.1, -0.05) is 54.6 Å². The number of carbonyl (C=O) groups is 3. The Hall–Kier alpha value is -3.81. The Labute approximate surface area is 208 Å². The number of Topliss-reactive ketones (excluding diaryl/α,β-unsaturated/α-hetero) is 1. The van der Waals surface area contributed by atoms with Gasteiger partial charge in [0.05, 0.1) is 5.57 Å². The van der Waals surface area contributed by atoms with Crippen LogP contribution in [0.15, 0.2) is 72.1 Å². The van der Waals surface area contributed by atoms with E-state index in [4.69, 9.17) is 5.11 Å². The first-order valence-electron chi connectivity index (χ1n) is 11.4. The molecule has 1 aliphatic rings. The molecule has 178 valence electrons. The lowest BCUT2D eigenvalue weighted by Gasteiger charge is -2.07. The van der Waals surface area contributed by atoms with Crippen molar-refractivity contribution in [2.45, 2.75) is 25.4 Å². The summed E-state index contributed by atoms with van der Waals surface area (Å²) in [5, 5.41) is 16.7. The first-order valence-corrected chi connectivity index (χ1v) is 12.3. The molecule has 35 heavy (non-hydrogen) atoms. The number of aliphatic hydroxyl groups excluding tert-OH is 1. The van der Waals surface area contributed by atoms with Crippen molar-refractivity contribution < 1.29 is 19.5 Å². The zero-order chi connectivity index (χ0) is 24.6. The molecule has 1 fully saturated rings. The minimum Gasteiger partial charge on any atom is -0.388 e. The first kappa shape index (κ1) is 24.3. The molecule has 4 rings (SSSR count). The van der Waals surface area contributed by atoms with Gasteiger partial charge in [0.25, 0.3) is 5.91 Å². The third-order valence-corrected chi connectivity index (χ3v) is 6.41. The Morgan fingerprint density at radius 3 is 2.31 bits per heavy atom. The number of amides is 2. The van der Waals surface area contributed by atoms with E-state index in [1.807, 2.05) is 47.9 Å². The van der Waals surface area contributed by atoms with Gasteiger partial charge in [0.2, 0.25) is 5.91 Å². The maximum Gasteiger partial charge on any atom is 0.252 e. The van der Waals surface area contributed by atoms with Crippen LogP contribution in [0.3, 0.4) is 0 Å². The first-order chi connectivity index (χ1) is 17.0. The minimum atomic E-state index is -0.524. The van der Waals surface area contributed by atoms with Crippen LogP contribution >= 0.6 is 11.3 Å². The van der Waals surface area contributed by atoms with E-state index in [1.165, 1.54) is 17.4 Å². The van der Waals surface area contributed by atoms with Gasteiger partial charge in [0.1, 0.15) is 6.61 Å². The molecule has 6 nitrogen and oxygen atoms in total. The van der Waals surface area contributed by atoms with E-state index >= 15 is 0 Å². The molecule has 7 heteroatoms. The summed E-state index contributed by atoms with van der Waals surface area (Å²) in [5.41, 5.74) is 3.72. The number of carbonyl (C=O) groups excluding carboxylic acids is 3. The average molecular weight is 487 g/mol.